The van der Waals surface area contributed by atoms with Crippen LogP contribution in [0.2, 0.25) is 0 Å². The Balaban J connectivity index is 1.70. The maximum absolute atomic E-state index is 12.7. The van der Waals surface area contributed by atoms with Gasteiger partial charge in [0.25, 0.3) is 0 Å². The first-order chi connectivity index (χ1) is 18.0. The van der Waals surface area contributed by atoms with Crippen LogP contribution in [0.25, 0.3) is 6.08 Å². The van der Waals surface area contributed by atoms with Crippen LogP contribution in [-0.2, 0) is 17.8 Å². The Labute approximate surface area is 218 Å². The number of methoxy groups -OCH3 is 4. The Hall–Kier alpha value is -4.13. The van der Waals surface area contributed by atoms with Crippen LogP contribution in [-0.4, -0.2) is 46.0 Å². The lowest BCUT2D eigenvalue weighted by Crippen LogP contribution is -2.39. The highest BCUT2D eigenvalue weighted by Gasteiger charge is 2.31. The molecule has 7 heteroatoms. The Morgan fingerprint density at radius 2 is 1.59 bits per heavy atom. The van der Waals surface area contributed by atoms with Crippen LogP contribution >= 0.6 is 0 Å². The van der Waals surface area contributed by atoms with Gasteiger partial charge in [-0.1, -0.05) is 42.5 Å². The molecule has 37 heavy (non-hydrogen) atoms. The van der Waals surface area contributed by atoms with Crippen molar-refractivity contribution in [3.05, 3.63) is 88.5 Å². The van der Waals surface area contributed by atoms with Crippen LogP contribution in [0.4, 0.5) is 4.79 Å². The Morgan fingerprint density at radius 3 is 2.27 bits per heavy atom. The van der Waals surface area contributed by atoms with E-state index in [1.54, 1.807) is 26.2 Å². The zero-order chi connectivity index (χ0) is 26.4. The number of aryl methyl sites for hydroxylation is 1. The molecule has 3 aromatic carbocycles. The van der Waals surface area contributed by atoms with Gasteiger partial charge < -0.3 is 23.7 Å². The van der Waals surface area contributed by atoms with Crippen LogP contribution < -0.4 is 18.9 Å². The van der Waals surface area contributed by atoms with E-state index < -0.39 is 0 Å². The lowest BCUT2D eigenvalue weighted by molar-refractivity contribution is 0.110. The topological polar surface area (TPSA) is 66.5 Å². The van der Waals surface area contributed by atoms with Gasteiger partial charge in [-0.15, -0.1) is 0 Å². The van der Waals surface area contributed by atoms with E-state index in [9.17, 15) is 4.79 Å². The van der Waals surface area contributed by atoms with Crippen molar-refractivity contribution in [3.63, 3.8) is 0 Å². The van der Waals surface area contributed by atoms with Crippen LogP contribution in [0.3, 0.4) is 0 Å². The fraction of sp³-hybridized carbons (Fsp3) is 0.300. The molecule has 1 unspecified atom stereocenters. The van der Waals surface area contributed by atoms with Crippen molar-refractivity contribution >= 4 is 12.2 Å². The summed E-state index contributed by atoms with van der Waals surface area (Å²) in [6.45, 7) is 2.96. The molecule has 0 saturated heterocycles. The summed E-state index contributed by atoms with van der Waals surface area (Å²) in [6, 6.07) is 17.5. The lowest BCUT2D eigenvalue weighted by Gasteiger charge is -2.35. The summed E-state index contributed by atoms with van der Waals surface area (Å²) in [7, 11) is 6.25. The molecule has 0 fully saturated rings. The molecule has 1 amide bonds. The molecule has 1 aliphatic rings. The van der Waals surface area contributed by atoms with Gasteiger partial charge in [0.15, 0.2) is 23.0 Å². The standard InChI is InChI=1S/C30H33NO6/c1-20-15-26(33-2)27(34-3)16-22(20)11-12-25-24-18-28(35-4)29(37-19-21-9-7-6-8-10-21)17-23(24)13-14-31(25)30(32)36-5/h6-12,15-18,25H,13-14,19H2,1-5H3. The van der Waals surface area contributed by atoms with Crippen molar-refractivity contribution in [2.45, 2.75) is 26.0 Å². The van der Waals surface area contributed by atoms with Crippen LogP contribution in [0.1, 0.15) is 33.9 Å². The second-order valence-electron chi connectivity index (χ2n) is 8.76. The molecule has 0 aliphatic carbocycles. The highest BCUT2D eigenvalue weighted by molar-refractivity contribution is 5.71. The monoisotopic (exact) mass is 503 g/mol. The largest absolute Gasteiger partial charge is 0.493 e. The molecule has 1 aliphatic heterocycles. The number of benzene rings is 3. The average molecular weight is 504 g/mol. The quantitative estimate of drug-likeness (QED) is 0.377. The van der Waals surface area contributed by atoms with E-state index in [2.05, 4.69) is 0 Å². The molecule has 0 bridgehead atoms. The number of fused-ring (bicyclic) bond motifs is 1. The van der Waals surface area contributed by atoms with Crippen molar-refractivity contribution in [1.29, 1.82) is 0 Å². The van der Waals surface area contributed by atoms with E-state index in [0.29, 0.717) is 42.6 Å². The van der Waals surface area contributed by atoms with Gasteiger partial charge in [0.05, 0.1) is 34.5 Å². The van der Waals surface area contributed by atoms with Crippen molar-refractivity contribution in [1.82, 2.24) is 4.90 Å². The Morgan fingerprint density at radius 1 is 0.919 bits per heavy atom. The van der Waals surface area contributed by atoms with Crippen molar-refractivity contribution in [3.8, 4) is 23.0 Å². The minimum Gasteiger partial charge on any atom is -0.493 e. The number of ether oxygens (including phenoxy) is 5. The SMILES string of the molecule is COC(=O)N1CCc2cc(OCc3ccccc3)c(OC)cc2C1C=Cc1cc(OC)c(OC)cc1C. The summed E-state index contributed by atoms with van der Waals surface area (Å²) in [4.78, 5) is 14.4. The summed E-state index contributed by atoms with van der Waals surface area (Å²) in [5.74, 6) is 2.60. The van der Waals surface area contributed by atoms with E-state index in [-0.39, 0.29) is 12.1 Å². The smallest absolute Gasteiger partial charge is 0.410 e. The normalized spacial score (nSPS) is 14.7. The number of amides is 1. The Bertz CT molecular complexity index is 1270. The molecule has 194 valence electrons. The third-order valence-corrected chi connectivity index (χ3v) is 6.58. The molecule has 0 aromatic heterocycles. The van der Waals surface area contributed by atoms with Gasteiger partial charge in [-0.05, 0) is 65.4 Å². The second kappa shape index (κ2) is 11.7. The summed E-state index contributed by atoms with van der Waals surface area (Å²) in [5, 5.41) is 0. The van der Waals surface area contributed by atoms with Gasteiger partial charge in [-0.3, -0.25) is 4.90 Å². The number of hydrogen-bond acceptors (Lipinski definition) is 6. The third kappa shape index (κ3) is 5.66. The van der Waals surface area contributed by atoms with E-state index in [1.807, 2.05) is 73.7 Å². The fourth-order valence-electron chi connectivity index (χ4n) is 4.57. The van der Waals surface area contributed by atoms with Gasteiger partial charge >= 0.3 is 6.09 Å². The van der Waals surface area contributed by atoms with E-state index in [1.165, 1.54) is 7.11 Å². The highest BCUT2D eigenvalue weighted by Crippen LogP contribution is 2.40. The first-order valence-corrected chi connectivity index (χ1v) is 12.1. The maximum atomic E-state index is 12.7. The summed E-state index contributed by atoms with van der Waals surface area (Å²) in [5.41, 5.74) is 5.13. The molecule has 0 N–H and O–H groups in total. The number of rotatable bonds is 8. The molecule has 0 spiro atoms. The summed E-state index contributed by atoms with van der Waals surface area (Å²) in [6.07, 6.45) is 4.30. The van der Waals surface area contributed by atoms with Crippen molar-refractivity contribution < 1.29 is 28.5 Å². The zero-order valence-electron chi connectivity index (χ0n) is 21.9. The third-order valence-electron chi connectivity index (χ3n) is 6.58. The number of nitrogens with zero attached hydrogens (tertiary/aromatic N) is 1. The van der Waals surface area contributed by atoms with Gasteiger partial charge in [-0.25, -0.2) is 4.79 Å². The van der Waals surface area contributed by atoms with Crippen molar-refractivity contribution in [2.24, 2.45) is 0 Å². The van der Waals surface area contributed by atoms with E-state index in [0.717, 1.165) is 27.8 Å². The van der Waals surface area contributed by atoms with Crippen LogP contribution in [0, 0.1) is 6.92 Å². The predicted octanol–water partition coefficient (Wildman–Crippen LogP) is 5.98. The van der Waals surface area contributed by atoms with Gasteiger partial charge in [0.1, 0.15) is 6.61 Å². The maximum Gasteiger partial charge on any atom is 0.410 e. The first kappa shape index (κ1) is 25.9. The second-order valence-corrected chi connectivity index (χ2v) is 8.76. The summed E-state index contributed by atoms with van der Waals surface area (Å²) < 4.78 is 27.8. The van der Waals surface area contributed by atoms with E-state index >= 15 is 0 Å². The fourth-order valence-corrected chi connectivity index (χ4v) is 4.57. The molecule has 0 radical (unpaired) electrons. The van der Waals surface area contributed by atoms with Crippen LogP contribution in [0.5, 0.6) is 23.0 Å². The number of carbonyl (C=O) groups excluding carboxylic acids is 1. The average Bonchev–Trinajstić information content (AvgIpc) is 2.94. The van der Waals surface area contributed by atoms with Gasteiger partial charge in [0.2, 0.25) is 0 Å². The molecule has 3 aromatic rings. The first-order valence-electron chi connectivity index (χ1n) is 12.1. The highest BCUT2D eigenvalue weighted by atomic mass is 16.5. The number of carbonyl (C=O) groups is 1. The zero-order valence-corrected chi connectivity index (χ0v) is 21.9. The molecule has 1 atom stereocenters. The molecular formula is C30H33NO6. The minimum absolute atomic E-state index is 0.347. The lowest BCUT2D eigenvalue weighted by atomic mass is 9.91. The molecular weight excluding hydrogens is 470 g/mol. The van der Waals surface area contributed by atoms with Gasteiger partial charge in [-0.2, -0.15) is 0 Å². The van der Waals surface area contributed by atoms with Crippen molar-refractivity contribution in [2.75, 3.05) is 35.0 Å². The van der Waals surface area contributed by atoms with Gasteiger partial charge in [0, 0.05) is 6.54 Å². The molecule has 7 nitrogen and oxygen atoms in total. The minimum atomic E-state index is -0.382. The molecule has 1 heterocycles. The molecule has 0 saturated carbocycles. The number of hydrogen-bond donors (Lipinski definition) is 0. The van der Waals surface area contributed by atoms with E-state index in [4.69, 9.17) is 23.7 Å². The summed E-state index contributed by atoms with van der Waals surface area (Å²) >= 11 is 0. The Kier molecular flexibility index (Phi) is 8.23. The molecule has 4 rings (SSSR count). The van der Waals surface area contributed by atoms with Crippen LogP contribution in [0.15, 0.2) is 60.7 Å². The predicted molar refractivity (Wildman–Crippen MR) is 143 cm³/mol.